The number of nitrogens with zero attached hydrogens (tertiary/aromatic N) is 1. The van der Waals surface area contributed by atoms with Crippen LogP contribution in [-0.2, 0) is 16.1 Å². The van der Waals surface area contributed by atoms with Crippen molar-refractivity contribution in [2.75, 3.05) is 7.11 Å². The third-order valence-corrected chi connectivity index (χ3v) is 5.07. The molecule has 0 amide bonds. The Kier molecular flexibility index (Phi) is 5.96. The van der Waals surface area contributed by atoms with Crippen LogP contribution < -0.4 is 0 Å². The third-order valence-electron chi connectivity index (χ3n) is 4.82. The van der Waals surface area contributed by atoms with Gasteiger partial charge in [0.1, 0.15) is 6.61 Å². The summed E-state index contributed by atoms with van der Waals surface area (Å²) in [7, 11) is 1.33. The molecule has 0 N–H and O–H groups in total. The molecule has 0 atom stereocenters. The molecule has 31 heavy (non-hydrogen) atoms. The maximum Gasteiger partial charge on any atom is 0.339 e. The van der Waals surface area contributed by atoms with E-state index in [1.165, 1.54) is 7.11 Å². The van der Waals surface area contributed by atoms with Gasteiger partial charge in [-0.25, -0.2) is 14.6 Å². The molecule has 0 spiro atoms. The molecular formula is C25H18ClNO4. The first-order chi connectivity index (χ1) is 15.0. The zero-order valence-corrected chi connectivity index (χ0v) is 17.4. The number of pyridine rings is 1. The zero-order chi connectivity index (χ0) is 21.8. The second-order valence-electron chi connectivity index (χ2n) is 6.84. The minimum atomic E-state index is -0.453. The van der Waals surface area contributed by atoms with Gasteiger partial charge in [0, 0.05) is 16.0 Å². The standard InChI is InChI=1S/C25H18ClNO4/c1-30-24(28)18-8-6-16(7-9-18)15-31-25(29)21-14-23(17-10-12-19(26)13-11-17)27-22-5-3-2-4-20(21)22/h2-14H,15H2,1H3. The van der Waals surface area contributed by atoms with Crippen molar-refractivity contribution in [2.45, 2.75) is 6.61 Å². The fourth-order valence-electron chi connectivity index (χ4n) is 3.19. The Labute approximate surface area is 184 Å². The average molecular weight is 432 g/mol. The molecule has 4 rings (SSSR count). The van der Waals surface area contributed by atoms with Crippen molar-refractivity contribution in [1.29, 1.82) is 0 Å². The predicted octanol–water partition coefficient (Wildman–Crippen LogP) is 5.70. The molecule has 1 heterocycles. The molecule has 4 aromatic rings. The summed E-state index contributed by atoms with van der Waals surface area (Å²) < 4.78 is 10.2. The molecule has 0 radical (unpaired) electrons. The maximum absolute atomic E-state index is 12.9. The van der Waals surface area contributed by atoms with Gasteiger partial charge in [0.25, 0.3) is 0 Å². The molecular weight excluding hydrogens is 414 g/mol. The lowest BCUT2D eigenvalue weighted by atomic mass is 10.0. The largest absolute Gasteiger partial charge is 0.465 e. The first-order valence-electron chi connectivity index (χ1n) is 9.55. The van der Waals surface area contributed by atoms with Crippen molar-refractivity contribution in [3.05, 3.63) is 101 Å². The number of halogens is 1. The summed E-state index contributed by atoms with van der Waals surface area (Å²) in [5.41, 5.74) is 3.83. The topological polar surface area (TPSA) is 65.5 Å². The van der Waals surface area contributed by atoms with Crippen molar-refractivity contribution >= 4 is 34.4 Å². The number of methoxy groups -OCH3 is 1. The van der Waals surface area contributed by atoms with Crippen LogP contribution in [0.1, 0.15) is 26.3 Å². The van der Waals surface area contributed by atoms with Crippen LogP contribution in [0.15, 0.2) is 78.9 Å². The van der Waals surface area contributed by atoms with E-state index < -0.39 is 11.9 Å². The number of aromatic nitrogens is 1. The van der Waals surface area contributed by atoms with Crippen LogP contribution in [0.5, 0.6) is 0 Å². The molecule has 1 aromatic heterocycles. The lowest BCUT2D eigenvalue weighted by Gasteiger charge is -2.10. The first kappa shape index (κ1) is 20.6. The van der Waals surface area contributed by atoms with Gasteiger partial charge in [0.2, 0.25) is 0 Å². The van der Waals surface area contributed by atoms with E-state index in [9.17, 15) is 9.59 Å². The van der Waals surface area contributed by atoms with Crippen molar-refractivity contribution in [3.8, 4) is 11.3 Å². The summed E-state index contributed by atoms with van der Waals surface area (Å²) in [6, 6.07) is 23.2. The average Bonchev–Trinajstić information content (AvgIpc) is 2.82. The molecule has 5 nitrogen and oxygen atoms in total. The Bertz CT molecular complexity index is 1250. The number of carbonyl (C=O) groups is 2. The normalized spacial score (nSPS) is 10.6. The second kappa shape index (κ2) is 8.98. The fourth-order valence-corrected chi connectivity index (χ4v) is 3.32. The number of hydrogen-bond acceptors (Lipinski definition) is 5. The highest BCUT2D eigenvalue weighted by Crippen LogP contribution is 2.26. The number of ether oxygens (including phenoxy) is 2. The summed E-state index contributed by atoms with van der Waals surface area (Å²) in [5.74, 6) is -0.868. The SMILES string of the molecule is COC(=O)c1ccc(COC(=O)c2cc(-c3ccc(Cl)cc3)nc3ccccc23)cc1. The van der Waals surface area contributed by atoms with Crippen LogP contribution in [0.4, 0.5) is 0 Å². The molecule has 0 fully saturated rings. The maximum atomic E-state index is 12.9. The zero-order valence-electron chi connectivity index (χ0n) is 16.7. The Morgan fingerprint density at radius 3 is 2.32 bits per heavy atom. The van der Waals surface area contributed by atoms with E-state index in [4.69, 9.17) is 16.3 Å². The molecule has 0 saturated heterocycles. The van der Waals surface area contributed by atoms with Crippen LogP contribution in [-0.4, -0.2) is 24.0 Å². The number of para-hydroxylation sites is 1. The van der Waals surface area contributed by atoms with Gasteiger partial charge < -0.3 is 9.47 Å². The van der Waals surface area contributed by atoms with Crippen molar-refractivity contribution < 1.29 is 19.1 Å². The van der Waals surface area contributed by atoms with Crippen molar-refractivity contribution in [1.82, 2.24) is 4.98 Å². The minimum Gasteiger partial charge on any atom is -0.465 e. The summed E-state index contributed by atoms with van der Waals surface area (Å²) >= 11 is 5.99. The molecule has 154 valence electrons. The highest BCUT2D eigenvalue weighted by Gasteiger charge is 2.15. The smallest absolute Gasteiger partial charge is 0.339 e. The number of benzene rings is 3. The first-order valence-corrected chi connectivity index (χ1v) is 9.93. The lowest BCUT2D eigenvalue weighted by molar-refractivity contribution is 0.0473. The molecule has 0 bridgehead atoms. The summed E-state index contributed by atoms with van der Waals surface area (Å²) in [6.45, 7) is 0.0766. The molecule has 0 aliphatic rings. The van der Waals surface area contributed by atoms with Gasteiger partial charge in [-0.2, -0.15) is 0 Å². The van der Waals surface area contributed by atoms with E-state index in [1.807, 2.05) is 36.4 Å². The predicted molar refractivity (Wildman–Crippen MR) is 119 cm³/mol. The van der Waals surface area contributed by atoms with Gasteiger partial charge in [0.05, 0.1) is 29.4 Å². The minimum absolute atomic E-state index is 0.0766. The quantitative estimate of drug-likeness (QED) is 0.379. The molecule has 0 aliphatic heterocycles. The summed E-state index contributed by atoms with van der Waals surface area (Å²) in [5, 5.41) is 1.34. The third kappa shape index (κ3) is 4.57. The van der Waals surface area contributed by atoms with E-state index in [0.717, 1.165) is 11.1 Å². The summed E-state index contributed by atoms with van der Waals surface area (Å²) in [6.07, 6.45) is 0. The van der Waals surface area contributed by atoms with Gasteiger partial charge in [-0.1, -0.05) is 54.1 Å². The Hall–Kier alpha value is -3.70. The van der Waals surface area contributed by atoms with Gasteiger partial charge in [0.15, 0.2) is 0 Å². The van der Waals surface area contributed by atoms with E-state index in [-0.39, 0.29) is 6.61 Å². The van der Waals surface area contributed by atoms with Crippen LogP contribution >= 0.6 is 11.6 Å². The van der Waals surface area contributed by atoms with Gasteiger partial charge in [-0.15, -0.1) is 0 Å². The van der Waals surface area contributed by atoms with Gasteiger partial charge in [-0.3, -0.25) is 0 Å². The Morgan fingerprint density at radius 1 is 0.903 bits per heavy atom. The van der Waals surface area contributed by atoms with E-state index in [0.29, 0.717) is 32.7 Å². The highest BCUT2D eigenvalue weighted by molar-refractivity contribution is 6.30. The second-order valence-corrected chi connectivity index (χ2v) is 7.28. The molecule has 0 unspecified atom stereocenters. The van der Waals surface area contributed by atoms with Crippen molar-refractivity contribution in [3.63, 3.8) is 0 Å². The van der Waals surface area contributed by atoms with Gasteiger partial charge >= 0.3 is 11.9 Å². The van der Waals surface area contributed by atoms with Crippen LogP contribution in [0.3, 0.4) is 0 Å². The number of fused-ring (bicyclic) bond motifs is 1. The molecule has 0 saturated carbocycles. The monoisotopic (exact) mass is 431 g/mol. The van der Waals surface area contributed by atoms with Crippen LogP contribution in [0.25, 0.3) is 22.2 Å². The number of hydrogen-bond donors (Lipinski definition) is 0. The van der Waals surface area contributed by atoms with Crippen LogP contribution in [0.2, 0.25) is 5.02 Å². The Balaban J connectivity index is 1.61. The van der Waals surface area contributed by atoms with Gasteiger partial charge in [-0.05, 0) is 42.0 Å². The number of esters is 2. The Morgan fingerprint density at radius 2 is 1.61 bits per heavy atom. The van der Waals surface area contributed by atoms with Crippen LogP contribution in [0, 0.1) is 0 Å². The van der Waals surface area contributed by atoms with Crippen molar-refractivity contribution in [2.24, 2.45) is 0 Å². The van der Waals surface area contributed by atoms with E-state index >= 15 is 0 Å². The molecule has 3 aromatic carbocycles. The van der Waals surface area contributed by atoms with E-state index in [1.54, 1.807) is 42.5 Å². The number of carbonyl (C=O) groups excluding carboxylic acids is 2. The van der Waals surface area contributed by atoms with E-state index in [2.05, 4.69) is 9.72 Å². The summed E-state index contributed by atoms with van der Waals surface area (Å²) in [4.78, 5) is 29.2. The highest BCUT2D eigenvalue weighted by atomic mass is 35.5. The fraction of sp³-hybridized carbons (Fsp3) is 0.0800. The molecule has 6 heteroatoms. The molecule has 0 aliphatic carbocycles. The lowest BCUT2D eigenvalue weighted by Crippen LogP contribution is -2.07. The number of rotatable bonds is 5.